The van der Waals surface area contributed by atoms with Gasteiger partial charge in [0, 0.05) is 16.1 Å². The number of nitrogens with one attached hydrogen (secondary N) is 1. The Bertz CT molecular complexity index is 718. The average molecular weight is 315 g/mol. The minimum atomic E-state index is -1.28. The standard InChI is InChI=1S/C17H15ClN2O2/c1-17(22,14-4-2-3-5-15(14)18)11-20-16(21)13-8-6-12(10-19)7-9-13/h2-9,22H,11H2,1H3,(H,20,21)/t17-/m1/s1. The molecule has 22 heavy (non-hydrogen) atoms. The minimum absolute atomic E-state index is 0.0234. The van der Waals surface area contributed by atoms with E-state index in [1.54, 1.807) is 55.5 Å². The zero-order valence-corrected chi connectivity index (χ0v) is 12.8. The first kappa shape index (κ1) is 16.0. The fourth-order valence-electron chi connectivity index (χ4n) is 2.04. The Balaban J connectivity index is 2.06. The number of hydrogen-bond donors (Lipinski definition) is 2. The van der Waals surface area contributed by atoms with Crippen molar-refractivity contribution in [1.29, 1.82) is 5.26 Å². The van der Waals surface area contributed by atoms with Gasteiger partial charge in [0.25, 0.3) is 5.91 Å². The van der Waals surface area contributed by atoms with Gasteiger partial charge in [-0.1, -0.05) is 29.8 Å². The molecule has 0 radical (unpaired) electrons. The zero-order valence-electron chi connectivity index (χ0n) is 12.0. The molecule has 0 unspecified atom stereocenters. The highest BCUT2D eigenvalue weighted by atomic mass is 35.5. The molecule has 0 heterocycles. The Labute approximate surface area is 134 Å². The molecule has 0 spiro atoms. The van der Waals surface area contributed by atoms with E-state index in [0.29, 0.717) is 21.7 Å². The van der Waals surface area contributed by atoms with Gasteiger partial charge in [0.2, 0.25) is 0 Å². The van der Waals surface area contributed by atoms with E-state index in [1.807, 2.05) is 6.07 Å². The van der Waals surface area contributed by atoms with Gasteiger partial charge in [0.1, 0.15) is 5.60 Å². The van der Waals surface area contributed by atoms with Gasteiger partial charge in [0.15, 0.2) is 0 Å². The summed E-state index contributed by atoms with van der Waals surface area (Å²) in [6.45, 7) is 1.61. The third kappa shape index (κ3) is 3.64. The number of nitrogens with zero attached hydrogens (tertiary/aromatic N) is 1. The molecule has 2 aromatic carbocycles. The normalized spacial score (nSPS) is 13.0. The lowest BCUT2D eigenvalue weighted by atomic mass is 9.96. The highest BCUT2D eigenvalue weighted by Crippen LogP contribution is 2.27. The highest BCUT2D eigenvalue weighted by Gasteiger charge is 2.26. The molecule has 0 fully saturated rings. The second-order valence-electron chi connectivity index (χ2n) is 5.13. The van der Waals surface area contributed by atoms with Crippen molar-refractivity contribution in [3.8, 4) is 6.07 Å². The van der Waals surface area contributed by atoms with Crippen molar-refractivity contribution in [2.75, 3.05) is 6.54 Å². The van der Waals surface area contributed by atoms with E-state index in [2.05, 4.69) is 5.32 Å². The number of carbonyl (C=O) groups excluding carboxylic acids is 1. The number of nitriles is 1. The molecular formula is C17H15ClN2O2. The van der Waals surface area contributed by atoms with Crippen LogP contribution in [0, 0.1) is 11.3 Å². The Kier molecular flexibility index (Phi) is 4.81. The van der Waals surface area contributed by atoms with E-state index in [-0.39, 0.29) is 12.5 Å². The van der Waals surface area contributed by atoms with Crippen LogP contribution in [0.3, 0.4) is 0 Å². The zero-order chi connectivity index (χ0) is 16.2. The number of carbonyl (C=O) groups is 1. The number of aliphatic hydroxyl groups is 1. The smallest absolute Gasteiger partial charge is 0.251 e. The number of halogens is 1. The monoisotopic (exact) mass is 314 g/mol. The SMILES string of the molecule is C[C@@](O)(CNC(=O)c1ccc(C#N)cc1)c1ccccc1Cl. The van der Waals surface area contributed by atoms with Gasteiger partial charge in [-0.15, -0.1) is 0 Å². The minimum Gasteiger partial charge on any atom is -0.384 e. The van der Waals surface area contributed by atoms with Gasteiger partial charge >= 0.3 is 0 Å². The summed E-state index contributed by atoms with van der Waals surface area (Å²) in [5.41, 5.74) is 0.186. The number of hydrogen-bond acceptors (Lipinski definition) is 3. The van der Waals surface area contributed by atoms with Crippen LogP contribution in [0.2, 0.25) is 5.02 Å². The van der Waals surface area contributed by atoms with E-state index in [9.17, 15) is 9.90 Å². The van der Waals surface area contributed by atoms with Gasteiger partial charge in [0.05, 0.1) is 18.2 Å². The molecule has 0 saturated heterocycles. The molecule has 0 aliphatic carbocycles. The average Bonchev–Trinajstić information content (AvgIpc) is 2.53. The van der Waals surface area contributed by atoms with Crippen LogP contribution >= 0.6 is 11.6 Å². The molecule has 2 aromatic rings. The summed E-state index contributed by atoms with van der Waals surface area (Å²) in [5, 5.41) is 22.4. The third-order valence-corrected chi connectivity index (χ3v) is 3.65. The van der Waals surface area contributed by atoms with Crippen LogP contribution < -0.4 is 5.32 Å². The Morgan fingerprint density at radius 2 is 1.91 bits per heavy atom. The lowest BCUT2D eigenvalue weighted by Gasteiger charge is -2.25. The van der Waals surface area contributed by atoms with E-state index in [0.717, 1.165) is 0 Å². The predicted octanol–water partition coefficient (Wildman–Crippen LogP) is 2.85. The van der Waals surface area contributed by atoms with Crippen LogP contribution in [-0.4, -0.2) is 17.6 Å². The maximum atomic E-state index is 12.1. The summed E-state index contributed by atoms with van der Waals surface area (Å²) < 4.78 is 0. The summed E-state index contributed by atoms with van der Waals surface area (Å²) >= 11 is 6.07. The molecule has 0 aliphatic heterocycles. The first-order valence-electron chi connectivity index (χ1n) is 6.70. The van der Waals surface area contributed by atoms with Crippen molar-refractivity contribution in [1.82, 2.24) is 5.32 Å². The van der Waals surface area contributed by atoms with E-state index < -0.39 is 5.60 Å². The first-order chi connectivity index (χ1) is 10.4. The fourth-order valence-corrected chi connectivity index (χ4v) is 2.38. The maximum Gasteiger partial charge on any atom is 0.251 e. The van der Waals surface area contributed by atoms with Gasteiger partial charge in [-0.2, -0.15) is 5.26 Å². The molecule has 2 rings (SSSR count). The van der Waals surface area contributed by atoms with Crippen molar-refractivity contribution in [3.63, 3.8) is 0 Å². The Hall–Kier alpha value is -2.35. The molecule has 4 nitrogen and oxygen atoms in total. The van der Waals surface area contributed by atoms with E-state index in [4.69, 9.17) is 16.9 Å². The lowest BCUT2D eigenvalue weighted by Crippen LogP contribution is -2.38. The van der Waals surface area contributed by atoms with Crippen molar-refractivity contribution >= 4 is 17.5 Å². The Morgan fingerprint density at radius 1 is 1.27 bits per heavy atom. The molecule has 112 valence electrons. The van der Waals surface area contributed by atoms with Crippen LogP contribution in [0.15, 0.2) is 48.5 Å². The van der Waals surface area contributed by atoms with Gasteiger partial charge in [-0.05, 0) is 37.3 Å². The number of amides is 1. The molecule has 0 aliphatic rings. The summed E-state index contributed by atoms with van der Waals surface area (Å²) in [4.78, 5) is 12.1. The van der Waals surface area contributed by atoms with E-state index >= 15 is 0 Å². The third-order valence-electron chi connectivity index (χ3n) is 3.32. The second kappa shape index (κ2) is 6.61. The van der Waals surface area contributed by atoms with Crippen LogP contribution in [-0.2, 0) is 5.60 Å². The highest BCUT2D eigenvalue weighted by molar-refractivity contribution is 6.31. The molecule has 2 N–H and O–H groups in total. The van der Waals surface area contributed by atoms with Crippen molar-refractivity contribution in [2.45, 2.75) is 12.5 Å². The molecular weight excluding hydrogens is 300 g/mol. The van der Waals surface area contributed by atoms with Crippen molar-refractivity contribution < 1.29 is 9.90 Å². The largest absolute Gasteiger partial charge is 0.384 e. The first-order valence-corrected chi connectivity index (χ1v) is 7.07. The molecule has 5 heteroatoms. The van der Waals surface area contributed by atoms with Crippen molar-refractivity contribution in [2.24, 2.45) is 0 Å². The van der Waals surface area contributed by atoms with Crippen LogP contribution in [0.4, 0.5) is 0 Å². The Morgan fingerprint density at radius 3 is 2.50 bits per heavy atom. The van der Waals surface area contributed by atoms with Crippen LogP contribution in [0.25, 0.3) is 0 Å². The quantitative estimate of drug-likeness (QED) is 0.911. The van der Waals surface area contributed by atoms with Crippen LogP contribution in [0.1, 0.15) is 28.4 Å². The topological polar surface area (TPSA) is 73.1 Å². The van der Waals surface area contributed by atoms with Gasteiger partial charge in [-0.25, -0.2) is 0 Å². The summed E-state index contributed by atoms with van der Waals surface area (Å²) in [7, 11) is 0. The van der Waals surface area contributed by atoms with Crippen molar-refractivity contribution in [3.05, 3.63) is 70.2 Å². The van der Waals surface area contributed by atoms with Gasteiger partial charge in [-0.3, -0.25) is 4.79 Å². The summed E-state index contributed by atoms with van der Waals surface area (Å²) in [5.74, 6) is -0.322. The lowest BCUT2D eigenvalue weighted by molar-refractivity contribution is 0.0527. The molecule has 1 amide bonds. The number of rotatable bonds is 4. The second-order valence-corrected chi connectivity index (χ2v) is 5.53. The van der Waals surface area contributed by atoms with Gasteiger partial charge < -0.3 is 10.4 Å². The molecule has 1 atom stereocenters. The number of benzene rings is 2. The maximum absolute atomic E-state index is 12.1. The van der Waals surface area contributed by atoms with E-state index in [1.165, 1.54) is 0 Å². The molecule has 0 bridgehead atoms. The fraction of sp³-hybridized carbons (Fsp3) is 0.176. The molecule has 0 saturated carbocycles. The summed E-state index contributed by atoms with van der Waals surface area (Å²) in [6, 6.07) is 15.2. The predicted molar refractivity (Wildman–Crippen MR) is 84.5 cm³/mol. The molecule has 0 aromatic heterocycles. The van der Waals surface area contributed by atoms with Crippen LogP contribution in [0.5, 0.6) is 0 Å². The summed E-state index contributed by atoms with van der Waals surface area (Å²) in [6.07, 6.45) is 0.